The second-order valence-electron chi connectivity index (χ2n) is 22.6. The Kier molecular flexibility index (Phi) is 54.4. The van der Waals surface area contributed by atoms with Crippen molar-refractivity contribution in [2.24, 2.45) is 0 Å². The number of phosphoric acid groups is 1. The topological polar surface area (TPSA) is 111 Å². The summed E-state index contributed by atoms with van der Waals surface area (Å²) in [5.74, 6) is -0.530. The van der Waals surface area contributed by atoms with E-state index in [0.717, 1.165) is 116 Å². The van der Waals surface area contributed by atoms with E-state index in [2.05, 4.69) is 99.0 Å². The van der Waals surface area contributed by atoms with E-state index < -0.39 is 20.0 Å². The lowest BCUT2D eigenvalue weighted by Crippen LogP contribution is -2.47. The Labute approximate surface area is 476 Å². The van der Waals surface area contributed by atoms with Crippen LogP contribution in [0.5, 0.6) is 0 Å². The second-order valence-corrected chi connectivity index (χ2v) is 24.1. The predicted molar refractivity (Wildman–Crippen MR) is 332 cm³/mol. The molecular weight excluding hydrogens is 976 g/mol. The number of unbranched alkanes of at least 4 members (excludes halogenated alkanes) is 30. The molecule has 0 saturated heterocycles. The molecule has 77 heavy (non-hydrogen) atoms. The highest BCUT2D eigenvalue weighted by atomic mass is 31.2. The maximum absolute atomic E-state index is 13.5. The molecule has 0 aliphatic carbocycles. The first-order valence-electron chi connectivity index (χ1n) is 31.9. The zero-order valence-electron chi connectivity index (χ0n) is 50.9. The van der Waals surface area contributed by atoms with Crippen molar-refractivity contribution >= 4 is 19.7 Å². The third-order valence-corrected chi connectivity index (χ3v) is 14.8. The lowest BCUT2D eigenvalue weighted by molar-refractivity contribution is -0.870. The molecule has 0 heterocycles. The molecule has 0 aromatic heterocycles. The van der Waals surface area contributed by atoms with E-state index in [0.29, 0.717) is 17.4 Å². The SMILES string of the molecule is CCCCC/C=C\C/C=C\C/C=C\C/C=C\CCCCCCCCCC(=O)OC(/C=C\CCCCCCCCCCCCC)C(COP(=O)(O)OCC[N+](C)(C)C)NC(=O)CCCCCCCC/C=C/C=C/CCCCC. The fraction of sp³-hybridized carbons (Fsp3) is 0.761. The van der Waals surface area contributed by atoms with Crippen LogP contribution in [0.4, 0.5) is 0 Å². The second kappa shape index (κ2) is 56.5. The predicted octanol–water partition coefficient (Wildman–Crippen LogP) is 19.8. The van der Waals surface area contributed by atoms with Crippen LogP contribution >= 0.6 is 7.82 Å². The van der Waals surface area contributed by atoms with Crippen LogP contribution in [-0.4, -0.2) is 74.3 Å². The summed E-state index contributed by atoms with van der Waals surface area (Å²) in [4.78, 5) is 37.7. The highest BCUT2D eigenvalue weighted by molar-refractivity contribution is 7.47. The Balaban J connectivity index is 5.27. The fourth-order valence-electron chi connectivity index (χ4n) is 8.86. The molecule has 3 unspecified atom stereocenters. The van der Waals surface area contributed by atoms with Gasteiger partial charge >= 0.3 is 13.8 Å². The number of nitrogens with zero attached hydrogens (tertiary/aromatic N) is 1. The summed E-state index contributed by atoms with van der Waals surface area (Å²) >= 11 is 0. The van der Waals surface area contributed by atoms with Gasteiger partial charge < -0.3 is 19.4 Å². The molecule has 0 aromatic carbocycles. The highest BCUT2D eigenvalue weighted by Crippen LogP contribution is 2.43. The molecule has 0 fully saturated rings. The summed E-state index contributed by atoms with van der Waals surface area (Å²) in [6, 6.07) is -0.863. The van der Waals surface area contributed by atoms with Crippen LogP contribution in [0.2, 0.25) is 0 Å². The number of nitrogens with one attached hydrogen (secondary N) is 1. The number of likely N-dealkylation sites (N-methyl/N-ethyl adjacent to an activating group) is 1. The van der Waals surface area contributed by atoms with Gasteiger partial charge in [0.2, 0.25) is 5.91 Å². The van der Waals surface area contributed by atoms with Crippen LogP contribution in [0.3, 0.4) is 0 Å². The minimum Gasteiger partial charge on any atom is -0.456 e. The third-order valence-electron chi connectivity index (χ3n) is 13.8. The van der Waals surface area contributed by atoms with Gasteiger partial charge in [-0.05, 0) is 102 Å². The van der Waals surface area contributed by atoms with Gasteiger partial charge in [0.1, 0.15) is 19.3 Å². The average molecular weight is 1100 g/mol. The number of amides is 1. The maximum Gasteiger partial charge on any atom is 0.472 e. The van der Waals surface area contributed by atoms with Gasteiger partial charge in [0, 0.05) is 12.8 Å². The van der Waals surface area contributed by atoms with Crippen molar-refractivity contribution in [3.8, 4) is 0 Å². The first-order chi connectivity index (χ1) is 37.4. The number of phosphoric ester groups is 1. The van der Waals surface area contributed by atoms with E-state index in [-0.39, 0.29) is 31.5 Å². The van der Waals surface area contributed by atoms with Crippen LogP contribution in [0.15, 0.2) is 85.1 Å². The minimum atomic E-state index is -4.46. The largest absolute Gasteiger partial charge is 0.472 e. The smallest absolute Gasteiger partial charge is 0.456 e. The summed E-state index contributed by atoms with van der Waals surface area (Å²) in [6.45, 7) is 6.94. The molecule has 9 nitrogen and oxygen atoms in total. The van der Waals surface area contributed by atoms with E-state index in [1.165, 1.54) is 128 Å². The van der Waals surface area contributed by atoms with Crippen molar-refractivity contribution in [3.63, 3.8) is 0 Å². The van der Waals surface area contributed by atoms with E-state index in [1.54, 1.807) is 0 Å². The number of ether oxygens (including phenoxy) is 1. The van der Waals surface area contributed by atoms with Gasteiger partial charge in [-0.1, -0.05) is 247 Å². The Hall–Kier alpha value is -2.81. The summed E-state index contributed by atoms with van der Waals surface area (Å²) in [7, 11) is 1.47. The number of esters is 1. The Morgan fingerprint density at radius 1 is 0.468 bits per heavy atom. The number of allylic oxidation sites excluding steroid dienone is 13. The van der Waals surface area contributed by atoms with Crippen molar-refractivity contribution in [2.45, 2.75) is 290 Å². The van der Waals surface area contributed by atoms with Gasteiger partial charge in [0.05, 0.1) is 33.8 Å². The van der Waals surface area contributed by atoms with Crippen molar-refractivity contribution in [2.75, 3.05) is 40.9 Å². The van der Waals surface area contributed by atoms with Gasteiger partial charge in [0.25, 0.3) is 0 Å². The van der Waals surface area contributed by atoms with Crippen LogP contribution in [0.25, 0.3) is 0 Å². The maximum atomic E-state index is 13.5. The van der Waals surface area contributed by atoms with Gasteiger partial charge in [-0.25, -0.2) is 4.57 Å². The normalized spacial score (nSPS) is 14.2. The standard InChI is InChI=1S/C67H121N2O7P/c1-7-10-13-16-19-22-25-28-30-31-32-33-34-35-36-37-39-42-45-48-51-54-57-60-67(71)76-65(58-55-52-49-46-43-40-27-24-21-18-15-12-9-3)64(63-75-77(72,73)74-62-61-69(4,5)6)68-66(70)59-56-53-50-47-44-41-38-29-26-23-20-17-14-11-8-2/h19-20,22-23,26,28-30,32-33,35-36,55,58,64-65H,7-18,21,24-25,27,31,34,37-54,56-57,59-63H2,1-6H3,(H-,68,70,72,73)/p+1/b22-19-,23-20+,29-26+,30-28-,33-32-,36-35-,58-55-. The summed E-state index contributed by atoms with van der Waals surface area (Å²) in [5.41, 5.74) is 0. The number of carbonyl (C=O) groups is 2. The van der Waals surface area contributed by atoms with E-state index >= 15 is 0 Å². The molecule has 0 radical (unpaired) electrons. The monoisotopic (exact) mass is 1100 g/mol. The average Bonchev–Trinajstić information content (AvgIpc) is 3.39. The molecule has 10 heteroatoms. The van der Waals surface area contributed by atoms with E-state index in [9.17, 15) is 19.0 Å². The molecule has 2 N–H and O–H groups in total. The zero-order chi connectivity index (χ0) is 56.4. The number of carbonyl (C=O) groups excluding carboxylic acids is 2. The molecule has 3 atom stereocenters. The van der Waals surface area contributed by atoms with Crippen LogP contribution < -0.4 is 5.32 Å². The van der Waals surface area contributed by atoms with Gasteiger partial charge in [0.15, 0.2) is 0 Å². The van der Waals surface area contributed by atoms with Crippen molar-refractivity contribution in [1.29, 1.82) is 0 Å². The minimum absolute atomic E-state index is 0.0327. The van der Waals surface area contributed by atoms with Crippen molar-refractivity contribution in [3.05, 3.63) is 85.1 Å². The summed E-state index contributed by atoms with van der Waals surface area (Å²) in [5, 5.41) is 3.05. The molecular formula is C67H122N2O7P+. The van der Waals surface area contributed by atoms with Crippen molar-refractivity contribution < 1.29 is 37.3 Å². The molecule has 0 aromatic rings. The van der Waals surface area contributed by atoms with Crippen molar-refractivity contribution in [1.82, 2.24) is 5.32 Å². The molecule has 1 amide bonds. The quantitative estimate of drug-likeness (QED) is 0.0156. The molecule has 446 valence electrons. The Morgan fingerprint density at radius 3 is 1.29 bits per heavy atom. The van der Waals surface area contributed by atoms with Crippen LogP contribution in [-0.2, 0) is 27.9 Å². The Morgan fingerprint density at radius 2 is 0.831 bits per heavy atom. The molecule has 0 bridgehead atoms. The van der Waals surface area contributed by atoms with Gasteiger partial charge in [-0.3, -0.25) is 18.6 Å². The lowest BCUT2D eigenvalue weighted by atomic mass is 10.0. The molecule has 0 aliphatic heterocycles. The van der Waals surface area contributed by atoms with Gasteiger partial charge in [-0.2, -0.15) is 0 Å². The highest BCUT2D eigenvalue weighted by Gasteiger charge is 2.30. The zero-order valence-corrected chi connectivity index (χ0v) is 51.8. The number of hydrogen-bond acceptors (Lipinski definition) is 6. The van der Waals surface area contributed by atoms with Gasteiger partial charge in [-0.15, -0.1) is 0 Å². The first kappa shape index (κ1) is 74.2. The number of rotatable bonds is 57. The van der Waals surface area contributed by atoms with Crippen LogP contribution in [0.1, 0.15) is 278 Å². The van der Waals surface area contributed by atoms with E-state index in [4.69, 9.17) is 13.8 Å². The van der Waals surface area contributed by atoms with E-state index in [1.807, 2.05) is 33.3 Å². The summed E-state index contributed by atoms with van der Waals surface area (Å²) in [6.07, 6.45) is 74.3. The molecule has 0 aliphatic rings. The molecule has 0 rings (SSSR count). The number of hydrogen-bond donors (Lipinski definition) is 2. The lowest BCUT2D eigenvalue weighted by Gasteiger charge is -2.27. The summed E-state index contributed by atoms with van der Waals surface area (Å²) < 4.78 is 30.7. The van der Waals surface area contributed by atoms with Crippen LogP contribution in [0, 0.1) is 0 Å². The Bertz CT molecular complexity index is 1590. The number of quaternary nitrogens is 1. The third kappa shape index (κ3) is 57.7. The fourth-order valence-corrected chi connectivity index (χ4v) is 9.59. The molecule has 0 saturated carbocycles. The first-order valence-corrected chi connectivity index (χ1v) is 33.4. The molecule has 0 spiro atoms.